The molecule has 1 aromatic heterocycles. The number of hydrogen-bond donors (Lipinski definition) is 3. The van der Waals surface area contributed by atoms with E-state index in [9.17, 15) is 8.42 Å². The molecular weight excluding hydrogens is 296 g/mol. The number of nitrogens with zero attached hydrogens (tertiary/aromatic N) is 1. The van der Waals surface area contributed by atoms with Gasteiger partial charge in [-0.25, -0.2) is 13.1 Å². The van der Waals surface area contributed by atoms with Crippen molar-refractivity contribution in [3.63, 3.8) is 0 Å². The number of anilines is 1. The molecule has 0 aliphatic carbocycles. The van der Waals surface area contributed by atoms with Crippen LogP contribution in [0.5, 0.6) is 0 Å². The summed E-state index contributed by atoms with van der Waals surface area (Å²) in [6, 6.07) is 9.13. The van der Waals surface area contributed by atoms with E-state index in [1.54, 1.807) is 18.3 Å². The van der Waals surface area contributed by atoms with Crippen molar-refractivity contribution in [2.45, 2.75) is 11.4 Å². The Morgan fingerprint density at radius 1 is 1.30 bits per heavy atom. The van der Waals surface area contributed by atoms with E-state index in [4.69, 9.17) is 5.73 Å². The average Bonchev–Trinajstić information content (AvgIpc) is 2.92. The van der Waals surface area contributed by atoms with E-state index in [-0.39, 0.29) is 12.3 Å². The van der Waals surface area contributed by atoms with Crippen molar-refractivity contribution in [3.8, 4) is 0 Å². The standard InChI is InChI=1S/C12H16N4O2S2/c13-11-3-1-2-4-12(11)19-7-8-20(17,18)15-9-10-5-6-14-16-10/h1-6,15H,7-9,13H2,(H,14,16). The number of rotatable bonds is 7. The van der Waals surface area contributed by atoms with Crippen molar-refractivity contribution < 1.29 is 8.42 Å². The molecule has 0 aliphatic heterocycles. The molecule has 108 valence electrons. The van der Waals surface area contributed by atoms with E-state index in [2.05, 4.69) is 14.9 Å². The third-order valence-corrected chi connectivity index (χ3v) is 5.24. The smallest absolute Gasteiger partial charge is 0.212 e. The summed E-state index contributed by atoms with van der Waals surface area (Å²) in [6.07, 6.45) is 1.58. The van der Waals surface area contributed by atoms with Gasteiger partial charge in [0.2, 0.25) is 10.0 Å². The Balaban J connectivity index is 1.79. The zero-order valence-electron chi connectivity index (χ0n) is 10.7. The topological polar surface area (TPSA) is 101 Å². The van der Waals surface area contributed by atoms with Gasteiger partial charge in [-0.2, -0.15) is 5.10 Å². The SMILES string of the molecule is Nc1ccccc1SCCS(=O)(=O)NCc1ccn[nH]1. The lowest BCUT2D eigenvalue weighted by Crippen LogP contribution is -2.27. The van der Waals surface area contributed by atoms with Crippen molar-refractivity contribution in [2.24, 2.45) is 0 Å². The van der Waals surface area contributed by atoms with Crippen LogP contribution in [0, 0.1) is 0 Å². The molecule has 20 heavy (non-hydrogen) atoms. The summed E-state index contributed by atoms with van der Waals surface area (Å²) in [7, 11) is -3.30. The molecule has 0 saturated carbocycles. The van der Waals surface area contributed by atoms with Crippen molar-refractivity contribution in [3.05, 3.63) is 42.2 Å². The molecule has 0 unspecified atom stereocenters. The summed E-state index contributed by atoms with van der Waals surface area (Å²) < 4.78 is 26.1. The highest BCUT2D eigenvalue weighted by Crippen LogP contribution is 2.24. The molecule has 1 aromatic carbocycles. The number of thioether (sulfide) groups is 1. The fourth-order valence-electron chi connectivity index (χ4n) is 1.52. The van der Waals surface area contributed by atoms with Gasteiger partial charge < -0.3 is 5.73 Å². The summed E-state index contributed by atoms with van der Waals surface area (Å²) in [5, 5.41) is 6.46. The molecule has 4 N–H and O–H groups in total. The van der Waals surface area contributed by atoms with Crippen LogP contribution in [0.2, 0.25) is 0 Å². The minimum absolute atomic E-state index is 0.0418. The third-order valence-electron chi connectivity index (χ3n) is 2.57. The molecule has 0 atom stereocenters. The Morgan fingerprint density at radius 3 is 2.80 bits per heavy atom. The molecule has 0 fully saturated rings. The van der Waals surface area contributed by atoms with Crippen LogP contribution in [0.25, 0.3) is 0 Å². The zero-order valence-corrected chi connectivity index (χ0v) is 12.4. The monoisotopic (exact) mass is 312 g/mol. The van der Waals surface area contributed by atoms with Crippen LogP contribution in [0.3, 0.4) is 0 Å². The number of sulfonamides is 1. The molecule has 6 nitrogen and oxygen atoms in total. The molecule has 0 spiro atoms. The lowest BCUT2D eigenvalue weighted by Gasteiger charge is -2.07. The van der Waals surface area contributed by atoms with Gasteiger partial charge in [-0.1, -0.05) is 12.1 Å². The van der Waals surface area contributed by atoms with Gasteiger partial charge in [0, 0.05) is 22.5 Å². The normalized spacial score (nSPS) is 11.6. The van der Waals surface area contributed by atoms with Gasteiger partial charge in [0.1, 0.15) is 0 Å². The van der Waals surface area contributed by atoms with Crippen molar-refractivity contribution in [1.82, 2.24) is 14.9 Å². The van der Waals surface area contributed by atoms with Crippen LogP contribution in [-0.2, 0) is 16.6 Å². The number of nitrogen functional groups attached to an aromatic ring is 1. The largest absolute Gasteiger partial charge is 0.398 e. The molecule has 0 aliphatic rings. The lowest BCUT2D eigenvalue weighted by atomic mass is 10.3. The summed E-state index contributed by atoms with van der Waals surface area (Å²) in [4.78, 5) is 0.899. The predicted molar refractivity (Wildman–Crippen MR) is 80.8 cm³/mol. The van der Waals surface area contributed by atoms with Gasteiger partial charge in [-0.05, 0) is 18.2 Å². The molecular formula is C12H16N4O2S2. The summed E-state index contributed by atoms with van der Waals surface area (Å²) >= 11 is 1.43. The fraction of sp³-hybridized carbons (Fsp3) is 0.250. The molecule has 0 radical (unpaired) electrons. The molecule has 0 amide bonds. The maximum Gasteiger partial charge on any atom is 0.212 e. The number of H-pyrrole nitrogens is 1. The Morgan fingerprint density at radius 2 is 2.10 bits per heavy atom. The molecule has 2 aromatic rings. The van der Waals surface area contributed by atoms with Crippen LogP contribution < -0.4 is 10.5 Å². The third kappa shape index (κ3) is 4.55. The first-order valence-corrected chi connectivity index (χ1v) is 8.63. The van der Waals surface area contributed by atoms with Gasteiger partial charge in [0.15, 0.2) is 0 Å². The minimum atomic E-state index is -3.30. The Hall–Kier alpha value is -1.51. The fourth-order valence-corrected chi connectivity index (χ4v) is 3.88. The van der Waals surface area contributed by atoms with E-state index in [0.717, 1.165) is 10.6 Å². The van der Waals surface area contributed by atoms with Crippen LogP contribution in [0.4, 0.5) is 5.69 Å². The number of aromatic amines is 1. The molecule has 0 saturated heterocycles. The maximum atomic E-state index is 11.8. The quantitative estimate of drug-likeness (QED) is 0.527. The Kier molecular flexibility index (Phi) is 5.05. The predicted octanol–water partition coefficient (Wildman–Crippen LogP) is 1.20. The highest BCUT2D eigenvalue weighted by molar-refractivity contribution is 8.00. The number of benzene rings is 1. The van der Waals surface area contributed by atoms with Crippen LogP contribution >= 0.6 is 11.8 Å². The number of nitrogens with two attached hydrogens (primary N) is 1. The molecule has 0 bridgehead atoms. The van der Waals surface area contributed by atoms with E-state index in [0.29, 0.717) is 11.4 Å². The van der Waals surface area contributed by atoms with E-state index >= 15 is 0 Å². The van der Waals surface area contributed by atoms with Gasteiger partial charge in [0.25, 0.3) is 0 Å². The highest BCUT2D eigenvalue weighted by Gasteiger charge is 2.11. The van der Waals surface area contributed by atoms with Gasteiger partial charge in [-0.15, -0.1) is 11.8 Å². The average molecular weight is 312 g/mol. The molecule has 2 rings (SSSR count). The van der Waals surface area contributed by atoms with E-state index < -0.39 is 10.0 Å². The number of hydrogen-bond acceptors (Lipinski definition) is 5. The lowest BCUT2D eigenvalue weighted by molar-refractivity contribution is 0.582. The van der Waals surface area contributed by atoms with Crippen molar-refractivity contribution >= 4 is 27.5 Å². The second-order valence-corrected chi connectivity index (χ2v) is 7.17. The number of para-hydroxylation sites is 1. The maximum absolute atomic E-state index is 11.8. The van der Waals surface area contributed by atoms with Crippen LogP contribution in [0.15, 0.2) is 41.4 Å². The van der Waals surface area contributed by atoms with Crippen LogP contribution in [0.1, 0.15) is 5.69 Å². The summed E-state index contributed by atoms with van der Waals surface area (Å²) in [6.45, 7) is 0.223. The van der Waals surface area contributed by atoms with Gasteiger partial charge in [0.05, 0.1) is 18.0 Å². The van der Waals surface area contributed by atoms with E-state index in [1.807, 2.05) is 18.2 Å². The minimum Gasteiger partial charge on any atom is -0.398 e. The van der Waals surface area contributed by atoms with Crippen molar-refractivity contribution in [2.75, 3.05) is 17.2 Å². The molecule has 8 heteroatoms. The summed E-state index contributed by atoms with van der Waals surface area (Å²) in [5.41, 5.74) is 7.19. The first-order valence-electron chi connectivity index (χ1n) is 6.00. The molecule has 1 heterocycles. The van der Waals surface area contributed by atoms with Gasteiger partial charge >= 0.3 is 0 Å². The van der Waals surface area contributed by atoms with Crippen LogP contribution in [-0.4, -0.2) is 30.1 Å². The Bertz CT molecular complexity index is 641. The first-order chi connectivity index (χ1) is 9.57. The number of nitrogens with one attached hydrogen (secondary N) is 2. The highest BCUT2D eigenvalue weighted by atomic mass is 32.2. The van der Waals surface area contributed by atoms with E-state index in [1.165, 1.54) is 11.8 Å². The zero-order chi connectivity index (χ0) is 14.4. The Labute approximate surface area is 122 Å². The number of aromatic nitrogens is 2. The van der Waals surface area contributed by atoms with Crippen molar-refractivity contribution in [1.29, 1.82) is 0 Å². The first kappa shape index (κ1) is 14.9. The van der Waals surface area contributed by atoms with Gasteiger partial charge in [-0.3, -0.25) is 5.10 Å². The summed E-state index contributed by atoms with van der Waals surface area (Å²) in [5.74, 6) is 0.493. The second-order valence-electron chi connectivity index (χ2n) is 4.11. The second kappa shape index (κ2) is 6.78.